The maximum atomic E-state index is 12.3. The van der Waals surface area contributed by atoms with Gasteiger partial charge in [-0.3, -0.25) is 15.0 Å². The van der Waals surface area contributed by atoms with Crippen LogP contribution in [0.25, 0.3) is 11.1 Å². The predicted molar refractivity (Wildman–Crippen MR) is 118 cm³/mol. The zero-order valence-electron chi connectivity index (χ0n) is 16.8. The van der Waals surface area contributed by atoms with Gasteiger partial charge in [0.05, 0.1) is 7.11 Å². The summed E-state index contributed by atoms with van der Waals surface area (Å²) in [5.74, 6) is 0.0301. The van der Waals surface area contributed by atoms with Crippen molar-refractivity contribution in [2.45, 2.75) is 6.92 Å². The number of methoxy groups -OCH3 is 1. The third-order valence-electron chi connectivity index (χ3n) is 4.31. The number of ether oxygens (including phenoxy) is 1. The molecular weight excluding hydrogens is 378 g/mol. The van der Waals surface area contributed by atoms with Gasteiger partial charge in [0.2, 0.25) is 5.91 Å². The summed E-state index contributed by atoms with van der Waals surface area (Å²) in [6.45, 7) is 1.68. The molecule has 3 rings (SSSR count). The van der Waals surface area contributed by atoms with Crippen molar-refractivity contribution in [1.82, 2.24) is 10.9 Å². The van der Waals surface area contributed by atoms with Crippen LogP contribution in [0.3, 0.4) is 0 Å². The summed E-state index contributed by atoms with van der Waals surface area (Å²) in [6.07, 6.45) is 1.36. The molecule has 0 aliphatic rings. The number of anilines is 1. The third kappa shape index (κ3) is 5.72. The van der Waals surface area contributed by atoms with E-state index in [0.29, 0.717) is 22.7 Å². The smallest absolute Gasteiger partial charge is 0.269 e. The topological polar surface area (TPSA) is 79.5 Å². The van der Waals surface area contributed by atoms with E-state index in [-0.39, 0.29) is 11.8 Å². The average molecular weight is 401 g/mol. The molecule has 3 aromatic carbocycles. The highest BCUT2D eigenvalue weighted by molar-refractivity contribution is 6.00. The van der Waals surface area contributed by atoms with E-state index in [1.165, 1.54) is 6.08 Å². The molecule has 0 radical (unpaired) electrons. The fourth-order valence-electron chi connectivity index (χ4n) is 2.78. The second-order valence-electron chi connectivity index (χ2n) is 6.57. The molecule has 30 heavy (non-hydrogen) atoms. The van der Waals surface area contributed by atoms with Gasteiger partial charge in [-0.15, -0.1) is 0 Å². The summed E-state index contributed by atoms with van der Waals surface area (Å²) in [4.78, 5) is 24.5. The molecule has 6 heteroatoms. The summed E-state index contributed by atoms with van der Waals surface area (Å²) in [5, 5.41) is 2.74. The molecule has 0 fully saturated rings. The summed E-state index contributed by atoms with van der Waals surface area (Å²) >= 11 is 0. The van der Waals surface area contributed by atoms with Crippen LogP contribution in [-0.4, -0.2) is 18.9 Å². The molecule has 0 saturated carbocycles. The summed E-state index contributed by atoms with van der Waals surface area (Å²) < 4.78 is 5.13. The Kier molecular flexibility index (Phi) is 6.84. The molecule has 0 bridgehead atoms. The Labute approximate surface area is 175 Å². The Morgan fingerprint density at radius 3 is 2.23 bits per heavy atom. The highest BCUT2D eigenvalue weighted by atomic mass is 16.5. The van der Waals surface area contributed by atoms with Gasteiger partial charge in [-0.1, -0.05) is 48.5 Å². The van der Waals surface area contributed by atoms with E-state index in [0.717, 1.165) is 11.1 Å². The SMILES string of the molecule is COc1cccc(NC(=O)/C=C(\C)NNC(=O)c2ccc(-c3ccccc3)cc2)c1. The Hall–Kier alpha value is -4.06. The van der Waals surface area contributed by atoms with Crippen molar-refractivity contribution < 1.29 is 14.3 Å². The lowest BCUT2D eigenvalue weighted by Gasteiger charge is -2.10. The summed E-state index contributed by atoms with van der Waals surface area (Å²) in [5.41, 5.74) is 9.07. The monoisotopic (exact) mass is 401 g/mol. The van der Waals surface area contributed by atoms with Gasteiger partial charge in [0.15, 0.2) is 0 Å². The number of nitrogens with one attached hydrogen (secondary N) is 3. The molecule has 0 saturated heterocycles. The van der Waals surface area contributed by atoms with Gasteiger partial charge >= 0.3 is 0 Å². The molecule has 3 N–H and O–H groups in total. The molecule has 152 valence electrons. The normalized spacial score (nSPS) is 10.8. The maximum absolute atomic E-state index is 12.3. The van der Waals surface area contributed by atoms with Gasteiger partial charge in [0.1, 0.15) is 5.75 Å². The van der Waals surface area contributed by atoms with Crippen LogP contribution in [0.2, 0.25) is 0 Å². The Morgan fingerprint density at radius 1 is 0.833 bits per heavy atom. The minimum atomic E-state index is -0.324. The van der Waals surface area contributed by atoms with Crippen molar-refractivity contribution in [1.29, 1.82) is 0 Å². The molecule has 0 aliphatic carbocycles. The Balaban J connectivity index is 1.53. The highest BCUT2D eigenvalue weighted by Crippen LogP contribution is 2.19. The first-order valence-corrected chi connectivity index (χ1v) is 9.40. The van der Waals surface area contributed by atoms with Crippen molar-refractivity contribution in [3.05, 3.63) is 96.2 Å². The molecule has 3 aromatic rings. The number of allylic oxidation sites excluding steroid dienone is 1. The van der Waals surface area contributed by atoms with Crippen LogP contribution in [0.1, 0.15) is 17.3 Å². The zero-order chi connectivity index (χ0) is 21.3. The first-order chi connectivity index (χ1) is 14.5. The van der Waals surface area contributed by atoms with Crippen molar-refractivity contribution in [3.8, 4) is 16.9 Å². The van der Waals surface area contributed by atoms with Crippen LogP contribution in [0.15, 0.2) is 90.6 Å². The van der Waals surface area contributed by atoms with Gasteiger partial charge in [0.25, 0.3) is 5.91 Å². The van der Waals surface area contributed by atoms with Gasteiger partial charge in [0, 0.05) is 29.1 Å². The molecule has 0 atom stereocenters. The summed E-state index contributed by atoms with van der Waals surface area (Å²) in [7, 11) is 1.56. The second-order valence-corrected chi connectivity index (χ2v) is 6.57. The van der Waals surface area contributed by atoms with Crippen LogP contribution >= 0.6 is 0 Å². The highest BCUT2D eigenvalue weighted by Gasteiger charge is 2.06. The molecule has 0 heterocycles. The van der Waals surface area contributed by atoms with E-state index < -0.39 is 0 Å². The minimum Gasteiger partial charge on any atom is -0.497 e. The molecule has 0 spiro atoms. The summed E-state index contributed by atoms with van der Waals surface area (Å²) in [6, 6.07) is 24.3. The standard InChI is InChI=1S/C24H23N3O3/c1-17(15-23(28)25-21-9-6-10-22(16-21)30-2)26-27-24(29)20-13-11-19(12-14-20)18-7-4-3-5-8-18/h3-16,26H,1-2H3,(H,25,28)(H,27,29)/b17-15+. The lowest BCUT2D eigenvalue weighted by Crippen LogP contribution is -2.36. The van der Waals surface area contributed by atoms with Crippen molar-refractivity contribution >= 4 is 17.5 Å². The van der Waals surface area contributed by atoms with Gasteiger partial charge in [-0.25, -0.2) is 0 Å². The van der Waals surface area contributed by atoms with Crippen LogP contribution < -0.4 is 20.9 Å². The lowest BCUT2D eigenvalue weighted by molar-refractivity contribution is -0.112. The van der Waals surface area contributed by atoms with E-state index in [1.807, 2.05) is 42.5 Å². The Morgan fingerprint density at radius 2 is 1.53 bits per heavy atom. The van der Waals surface area contributed by atoms with E-state index in [2.05, 4.69) is 16.2 Å². The second kappa shape index (κ2) is 9.93. The van der Waals surface area contributed by atoms with Crippen LogP contribution in [0.5, 0.6) is 5.75 Å². The third-order valence-corrected chi connectivity index (χ3v) is 4.31. The molecule has 0 aliphatic heterocycles. The van der Waals surface area contributed by atoms with Gasteiger partial charge in [-0.2, -0.15) is 0 Å². The number of rotatable bonds is 7. The van der Waals surface area contributed by atoms with E-state index in [9.17, 15) is 9.59 Å². The number of hydrogen-bond donors (Lipinski definition) is 3. The van der Waals surface area contributed by atoms with Crippen LogP contribution in [-0.2, 0) is 4.79 Å². The van der Waals surface area contributed by atoms with Gasteiger partial charge in [-0.05, 0) is 42.3 Å². The molecule has 6 nitrogen and oxygen atoms in total. The first-order valence-electron chi connectivity index (χ1n) is 9.40. The van der Waals surface area contributed by atoms with E-state index >= 15 is 0 Å². The van der Waals surface area contributed by atoms with Crippen molar-refractivity contribution in [2.24, 2.45) is 0 Å². The number of hydrogen-bond acceptors (Lipinski definition) is 4. The number of hydrazine groups is 1. The Bertz CT molecular complexity index is 1040. The fourth-order valence-corrected chi connectivity index (χ4v) is 2.78. The quantitative estimate of drug-likeness (QED) is 0.411. The largest absolute Gasteiger partial charge is 0.497 e. The number of carbonyl (C=O) groups is 2. The first kappa shape index (κ1) is 20.7. The maximum Gasteiger partial charge on any atom is 0.269 e. The molecule has 2 amide bonds. The number of carbonyl (C=O) groups excluding carboxylic acids is 2. The number of amides is 2. The minimum absolute atomic E-state index is 0.296. The van der Waals surface area contributed by atoms with E-state index in [4.69, 9.17) is 4.74 Å². The van der Waals surface area contributed by atoms with Gasteiger partial charge < -0.3 is 15.5 Å². The van der Waals surface area contributed by atoms with E-state index in [1.54, 1.807) is 50.4 Å². The predicted octanol–water partition coefficient (Wildman–Crippen LogP) is 4.14. The fraction of sp³-hybridized carbons (Fsp3) is 0.0833. The molecular formula is C24H23N3O3. The van der Waals surface area contributed by atoms with Crippen molar-refractivity contribution in [3.63, 3.8) is 0 Å². The van der Waals surface area contributed by atoms with Crippen LogP contribution in [0, 0.1) is 0 Å². The van der Waals surface area contributed by atoms with Crippen molar-refractivity contribution in [2.75, 3.05) is 12.4 Å². The lowest BCUT2D eigenvalue weighted by atomic mass is 10.0. The molecule has 0 aromatic heterocycles. The molecule has 0 unspecified atom stereocenters. The average Bonchev–Trinajstić information content (AvgIpc) is 2.78. The van der Waals surface area contributed by atoms with Crippen LogP contribution in [0.4, 0.5) is 5.69 Å². The number of benzene rings is 3. The zero-order valence-corrected chi connectivity index (χ0v) is 16.8.